The first kappa shape index (κ1) is 15.7. The molecule has 0 spiro atoms. The molecule has 112 valence electrons. The Morgan fingerprint density at radius 3 is 2.75 bits per heavy atom. The van der Waals surface area contributed by atoms with Crippen molar-refractivity contribution in [2.24, 2.45) is 11.7 Å². The topological polar surface area (TPSA) is 63.3 Å². The first-order valence-corrected chi connectivity index (χ1v) is 8.50. The predicted octanol–water partition coefficient (Wildman–Crippen LogP) is 3.67. The summed E-state index contributed by atoms with van der Waals surface area (Å²) in [5, 5.41) is 10.4. The van der Waals surface area contributed by atoms with E-state index in [1.165, 1.54) is 43.4 Å². The lowest BCUT2D eigenvalue weighted by Gasteiger charge is -2.26. The molecule has 1 saturated carbocycles. The average molecular weight is 295 g/mol. The summed E-state index contributed by atoms with van der Waals surface area (Å²) in [6.07, 6.45) is 7.15. The average Bonchev–Trinajstić information content (AvgIpc) is 2.96. The molecular weight excluding hydrogens is 270 g/mol. The van der Waals surface area contributed by atoms with Crippen LogP contribution in [-0.4, -0.2) is 16.9 Å². The SMILES string of the molecule is CCC(=O)c1ccc([C@H](O)C(N)CC2CCCCC2)s1. The van der Waals surface area contributed by atoms with Crippen LogP contribution in [0.15, 0.2) is 12.1 Å². The van der Waals surface area contributed by atoms with Gasteiger partial charge in [-0.3, -0.25) is 4.79 Å². The monoisotopic (exact) mass is 295 g/mol. The first-order chi connectivity index (χ1) is 9.61. The number of ketones is 1. The highest BCUT2D eigenvalue weighted by atomic mass is 32.1. The van der Waals surface area contributed by atoms with Gasteiger partial charge in [-0.25, -0.2) is 0 Å². The van der Waals surface area contributed by atoms with E-state index in [0.29, 0.717) is 12.3 Å². The van der Waals surface area contributed by atoms with Crippen molar-refractivity contribution in [3.63, 3.8) is 0 Å². The number of nitrogens with two attached hydrogens (primary N) is 1. The molecule has 0 aromatic carbocycles. The second-order valence-electron chi connectivity index (χ2n) is 5.83. The molecule has 1 unspecified atom stereocenters. The second-order valence-corrected chi connectivity index (χ2v) is 6.94. The lowest BCUT2D eigenvalue weighted by molar-refractivity contribution is 0.0992. The summed E-state index contributed by atoms with van der Waals surface area (Å²) in [4.78, 5) is 13.2. The zero-order valence-corrected chi connectivity index (χ0v) is 13.0. The van der Waals surface area contributed by atoms with Gasteiger partial charge in [-0.05, 0) is 24.5 Å². The van der Waals surface area contributed by atoms with Crippen LogP contribution in [0.1, 0.15) is 72.5 Å². The minimum absolute atomic E-state index is 0.134. The van der Waals surface area contributed by atoms with Crippen molar-refractivity contribution in [3.05, 3.63) is 21.9 Å². The number of Topliss-reactive ketones (excluding diaryl/α,β-unsaturated/α-hetero) is 1. The van der Waals surface area contributed by atoms with Gasteiger partial charge in [0.25, 0.3) is 0 Å². The number of aliphatic hydroxyl groups excluding tert-OH is 1. The highest BCUT2D eigenvalue weighted by molar-refractivity contribution is 7.14. The quantitative estimate of drug-likeness (QED) is 0.787. The Kier molecular flexibility index (Phi) is 5.75. The highest BCUT2D eigenvalue weighted by Gasteiger charge is 2.24. The maximum absolute atomic E-state index is 11.6. The predicted molar refractivity (Wildman–Crippen MR) is 83.1 cm³/mol. The molecule has 1 aliphatic rings. The molecule has 3 nitrogen and oxygen atoms in total. The summed E-state index contributed by atoms with van der Waals surface area (Å²) in [6, 6.07) is 3.43. The standard InChI is InChI=1S/C16H25NO2S/c1-2-13(18)14-8-9-15(20-14)16(19)12(17)10-11-6-4-3-5-7-11/h8-9,11-12,16,19H,2-7,10,17H2,1H3/t12?,16-/m1/s1. The van der Waals surface area contributed by atoms with Gasteiger partial charge in [-0.1, -0.05) is 39.0 Å². The lowest BCUT2D eigenvalue weighted by Crippen LogP contribution is -2.31. The van der Waals surface area contributed by atoms with E-state index in [0.717, 1.165) is 16.2 Å². The summed E-state index contributed by atoms with van der Waals surface area (Å²) in [7, 11) is 0. The van der Waals surface area contributed by atoms with Crippen LogP contribution in [0.3, 0.4) is 0 Å². The van der Waals surface area contributed by atoms with Crippen LogP contribution in [0.5, 0.6) is 0 Å². The molecule has 0 amide bonds. The van der Waals surface area contributed by atoms with Gasteiger partial charge in [0.05, 0.1) is 4.88 Å². The van der Waals surface area contributed by atoms with E-state index in [1.807, 2.05) is 19.1 Å². The molecule has 0 bridgehead atoms. The zero-order chi connectivity index (χ0) is 14.5. The number of carbonyl (C=O) groups excluding carboxylic acids is 1. The zero-order valence-electron chi connectivity index (χ0n) is 12.2. The van der Waals surface area contributed by atoms with Gasteiger partial charge < -0.3 is 10.8 Å². The van der Waals surface area contributed by atoms with Gasteiger partial charge in [0.2, 0.25) is 0 Å². The molecule has 0 radical (unpaired) electrons. The maximum Gasteiger partial charge on any atom is 0.172 e. The number of carbonyl (C=O) groups is 1. The second kappa shape index (κ2) is 7.34. The number of thiophene rings is 1. The summed E-state index contributed by atoms with van der Waals surface area (Å²) in [5.74, 6) is 0.791. The molecule has 3 N–H and O–H groups in total. The molecular formula is C16H25NO2S. The van der Waals surface area contributed by atoms with Gasteiger partial charge in [0, 0.05) is 17.3 Å². The van der Waals surface area contributed by atoms with E-state index in [2.05, 4.69) is 0 Å². The Balaban J connectivity index is 1.93. The number of aliphatic hydroxyl groups is 1. The van der Waals surface area contributed by atoms with Gasteiger partial charge in [-0.15, -0.1) is 11.3 Å². The Labute approximate surface area is 125 Å². The maximum atomic E-state index is 11.6. The van der Waals surface area contributed by atoms with Crippen LogP contribution in [0.25, 0.3) is 0 Å². The Morgan fingerprint density at radius 1 is 1.40 bits per heavy atom. The number of rotatable bonds is 6. The molecule has 0 aliphatic heterocycles. The van der Waals surface area contributed by atoms with Crippen molar-refractivity contribution in [3.8, 4) is 0 Å². The molecule has 2 atom stereocenters. The van der Waals surface area contributed by atoms with Crippen LogP contribution >= 0.6 is 11.3 Å². The van der Waals surface area contributed by atoms with E-state index in [1.54, 1.807) is 0 Å². The van der Waals surface area contributed by atoms with E-state index in [9.17, 15) is 9.90 Å². The van der Waals surface area contributed by atoms with Crippen LogP contribution in [0.2, 0.25) is 0 Å². The molecule has 1 fully saturated rings. The fourth-order valence-corrected chi connectivity index (χ4v) is 4.06. The van der Waals surface area contributed by atoms with Gasteiger partial charge in [-0.2, -0.15) is 0 Å². The van der Waals surface area contributed by atoms with Crippen LogP contribution in [0, 0.1) is 5.92 Å². The molecule has 0 saturated heterocycles. The normalized spacial score (nSPS) is 19.8. The third kappa shape index (κ3) is 3.90. The third-order valence-electron chi connectivity index (χ3n) is 4.25. The van der Waals surface area contributed by atoms with Crippen molar-refractivity contribution in [1.82, 2.24) is 0 Å². The van der Waals surface area contributed by atoms with Crippen molar-refractivity contribution in [1.29, 1.82) is 0 Å². The van der Waals surface area contributed by atoms with E-state index >= 15 is 0 Å². The number of hydrogen-bond acceptors (Lipinski definition) is 4. The Morgan fingerprint density at radius 2 is 2.10 bits per heavy atom. The number of hydrogen-bond donors (Lipinski definition) is 2. The Bertz CT molecular complexity index is 437. The molecule has 1 heterocycles. The molecule has 1 aliphatic carbocycles. The minimum Gasteiger partial charge on any atom is -0.386 e. The molecule has 4 heteroatoms. The van der Waals surface area contributed by atoms with Crippen molar-refractivity contribution >= 4 is 17.1 Å². The molecule has 1 aromatic heterocycles. The van der Waals surface area contributed by atoms with Gasteiger partial charge in [0.1, 0.15) is 6.10 Å². The van der Waals surface area contributed by atoms with Crippen molar-refractivity contribution < 1.29 is 9.90 Å². The third-order valence-corrected chi connectivity index (χ3v) is 5.45. The summed E-state index contributed by atoms with van der Waals surface area (Å²) in [6.45, 7) is 1.85. The molecule has 20 heavy (non-hydrogen) atoms. The lowest BCUT2D eigenvalue weighted by atomic mass is 9.84. The highest BCUT2D eigenvalue weighted by Crippen LogP contribution is 2.32. The first-order valence-electron chi connectivity index (χ1n) is 7.68. The summed E-state index contributed by atoms with van der Waals surface area (Å²) >= 11 is 1.38. The van der Waals surface area contributed by atoms with Gasteiger partial charge >= 0.3 is 0 Å². The van der Waals surface area contributed by atoms with E-state index in [-0.39, 0.29) is 11.8 Å². The molecule has 2 rings (SSSR count). The fraction of sp³-hybridized carbons (Fsp3) is 0.688. The molecule has 1 aromatic rings. The minimum atomic E-state index is -0.639. The Hall–Kier alpha value is -0.710. The fourth-order valence-electron chi connectivity index (χ4n) is 2.98. The smallest absolute Gasteiger partial charge is 0.172 e. The van der Waals surface area contributed by atoms with Crippen LogP contribution < -0.4 is 5.73 Å². The summed E-state index contributed by atoms with van der Waals surface area (Å²) in [5.41, 5.74) is 6.17. The van der Waals surface area contributed by atoms with Crippen molar-refractivity contribution in [2.75, 3.05) is 0 Å². The van der Waals surface area contributed by atoms with E-state index in [4.69, 9.17) is 5.73 Å². The van der Waals surface area contributed by atoms with Crippen LogP contribution in [-0.2, 0) is 0 Å². The summed E-state index contributed by atoms with van der Waals surface area (Å²) < 4.78 is 0. The van der Waals surface area contributed by atoms with Crippen LogP contribution in [0.4, 0.5) is 0 Å². The van der Waals surface area contributed by atoms with E-state index < -0.39 is 6.10 Å². The van der Waals surface area contributed by atoms with Crippen molar-refractivity contribution in [2.45, 2.75) is 64.0 Å². The largest absolute Gasteiger partial charge is 0.386 e. The van der Waals surface area contributed by atoms with Gasteiger partial charge in [0.15, 0.2) is 5.78 Å².